The number of benzene rings is 1. The molecular formula is C13H15N3O2. The maximum atomic E-state index is 5.66. The van der Waals surface area contributed by atoms with E-state index in [0.717, 1.165) is 6.42 Å². The van der Waals surface area contributed by atoms with Gasteiger partial charge in [0.25, 0.3) is 0 Å². The fourth-order valence-corrected chi connectivity index (χ4v) is 1.34. The van der Waals surface area contributed by atoms with Crippen LogP contribution >= 0.6 is 0 Å². The molecule has 0 atom stereocenters. The highest BCUT2D eigenvalue weighted by atomic mass is 16.5. The third kappa shape index (κ3) is 3.35. The van der Waals surface area contributed by atoms with Gasteiger partial charge in [0.15, 0.2) is 0 Å². The number of nitrogens with two attached hydrogens (primary N) is 1. The van der Waals surface area contributed by atoms with E-state index in [9.17, 15) is 0 Å². The molecule has 0 radical (unpaired) electrons. The van der Waals surface area contributed by atoms with Gasteiger partial charge in [0.2, 0.25) is 5.88 Å². The number of aromatic nitrogens is 2. The Morgan fingerprint density at radius 3 is 2.94 bits per heavy atom. The Hall–Kier alpha value is -2.30. The van der Waals surface area contributed by atoms with Crippen LogP contribution in [0.15, 0.2) is 36.5 Å². The number of hydrogen-bond donors (Lipinski definition) is 1. The molecule has 5 nitrogen and oxygen atoms in total. The van der Waals surface area contributed by atoms with Crippen molar-refractivity contribution in [1.29, 1.82) is 0 Å². The molecule has 0 aliphatic rings. The predicted molar refractivity (Wildman–Crippen MR) is 68.7 cm³/mol. The molecule has 2 aromatic rings. The van der Waals surface area contributed by atoms with Crippen molar-refractivity contribution in [3.63, 3.8) is 0 Å². The summed E-state index contributed by atoms with van der Waals surface area (Å²) < 4.78 is 10.9. The molecule has 0 fully saturated rings. The summed E-state index contributed by atoms with van der Waals surface area (Å²) in [5.74, 6) is 1.10. The zero-order chi connectivity index (χ0) is 12.8. The van der Waals surface area contributed by atoms with Gasteiger partial charge < -0.3 is 15.2 Å². The molecule has 94 valence electrons. The van der Waals surface area contributed by atoms with Crippen LogP contribution in [0.3, 0.4) is 0 Å². The standard InChI is InChI=1S/C13H15N3O2/c1-2-8-17-12-6-7-15-13(16-12)18-11-5-3-4-10(14)9-11/h3-7,9H,2,8,14H2,1H3. The van der Waals surface area contributed by atoms with Gasteiger partial charge in [0, 0.05) is 24.0 Å². The second kappa shape index (κ2) is 5.86. The Balaban J connectivity index is 2.09. The van der Waals surface area contributed by atoms with Gasteiger partial charge in [0.1, 0.15) is 5.75 Å². The zero-order valence-electron chi connectivity index (χ0n) is 10.2. The fourth-order valence-electron chi connectivity index (χ4n) is 1.34. The average Bonchev–Trinajstić information content (AvgIpc) is 2.37. The van der Waals surface area contributed by atoms with Crippen LogP contribution in [0.5, 0.6) is 17.6 Å². The first-order valence-electron chi connectivity index (χ1n) is 5.77. The van der Waals surface area contributed by atoms with E-state index < -0.39 is 0 Å². The van der Waals surface area contributed by atoms with Crippen LogP contribution in [0.25, 0.3) is 0 Å². The number of anilines is 1. The van der Waals surface area contributed by atoms with E-state index in [1.807, 2.05) is 13.0 Å². The predicted octanol–water partition coefficient (Wildman–Crippen LogP) is 2.64. The SMILES string of the molecule is CCCOc1ccnc(Oc2cccc(N)c2)n1. The van der Waals surface area contributed by atoms with Crippen LogP contribution in [0.1, 0.15) is 13.3 Å². The lowest BCUT2D eigenvalue weighted by Gasteiger charge is -2.06. The monoisotopic (exact) mass is 245 g/mol. The van der Waals surface area contributed by atoms with Crippen LogP contribution in [-0.2, 0) is 0 Å². The molecule has 0 saturated heterocycles. The second-order valence-corrected chi connectivity index (χ2v) is 3.70. The van der Waals surface area contributed by atoms with Crippen molar-refractivity contribution in [1.82, 2.24) is 9.97 Å². The molecule has 0 aliphatic carbocycles. The fraction of sp³-hybridized carbons (Fsp3) is 0.231. The van der Waals surface area contributed by atoms with E-state index in [2.05, 4.69) is 9.97 Å². The molecule has 5 heteroatoms. The van der Waals surface area contributed by atoms with Crippen molar-refractivity contribution < 1.29 is 9.47 Å². The molecule has 1 heterocycles. The van der Waals surface area contributed by atoms with Crippen LogP contribution in [-0.4, -0.2) is 16.6 Å². The quantitative estimate of drug-likeness (QED) is 0.820. The number of rotatable bonds is 5. The summed E-state index contributed by atoms with van der Waals surface area (Å²) >= 11 is 0. The summed E-state index contributed by atoms with van der Waals surface area (Å²) in [6, 6.07) is 9.04. The first-order valence-corrected chi connectivity index (χ1v) is 5.77. The summed E-state index contributed by atoms with van der Waals surface area (Å²) in [5, 5.41) is 0. The lowest BCUT2D eigenvalue weighted by molar-refractivity contribution is 0.298. The molecule has 0 aliphatic heterocycles. The molecular weight excluding hydrogens is 230 g/mol. The molecule has 2 rings (SSSR count). The number of hydrogen-bond acceptors (Lipinski definition) is 5. The summed E-state index contributed by atoms with van der Waals surface area (Å²) in [5.41, 5.74) is 6.29. The number of ether oxygens (including phenoxy) is 2. The van der Waals surface area contributed by atoms with Gasteiger partial charge in [-0.25, -0.2) is 4.98 Å². The Labute approximate surface area is 106 Å². The van der Waals surface area contributed by atoms with Crippen molar-refractivity contribution in [2.75, 3.05) is 12.3 Å². The zero-order valence-corrected chi connectivity index (χ0v) is 10.2. The van der Waals surface area contributed by atoms with E-state index >= 15 is 0 Å². The molecule has 0 saturated carbocycles. The van der Waals surface area contributed by atoms with E-state index in [0.29, 0.717) is 23.9 Å². The van der Waals surface area contributed by atoms with Gasteiger partial charge in [-0.1, -0.05) is 13.0 Å². The highest BCUT2D eigenvalue weighted by Crippen LogP contribution is 2.21. The van der Waals surface area contributed by atoms with Gasteiger partial charge in [0.05, 0.1) is 6.61 Å². The molecule has 0 bridgehead atoms. The van der Waals surface area contributed by atoms with E-state index in [-0.39, 0.29) is 6.01 Å². The number of nitrogen functional groups attached to an aromatic ring is 1. The van der Waals surface area contributed by atoms with Gasteiger partial charge >= 0.3 is 6.01 Å². The maximum absolute atomic E-state index is 5.66. The highest BCUT2D eigenvalue weighted by Gasteiger charge is 2.03. The van der Waals surface area contributed by atoms with Crippen molar-refractivity contribution >= 4 is 5.69 Å². The first-order chi connectivity index (χ1) is 8.78. The molecule has 0 spiro atoms. The highest BCUT2D eigenvalue weighted by molar-refractivity contribution is 5.44. The second-order valence-electron chi connectivity index (χ2n) is 3.70. The lowest BCUT2D eigenvalue weighted by atomic mass is 10.3. The summed E-state index contributed by atoms with van der Waals surface area (Å²) in [4.78, 5) is 8.16. The first kappa shape index (κ1) is 12.2. The third-order valence-electron chi connectivity index (χ3n) is 2.13. The molecule has 1 aromatic carbocycles. The van der Waals surface area contributed by atoms with E-state index in [4.69, 9.17) is 15.2 Å². The largest absolute Gasteiger partial charge is 0.478 e. The van der Waals surface area contributed by atoms with Crippen LogP contribution in [0.4, 0.5) is 5.69 Å². The molecule has 2 N–H and O–H groups in total. The van der Waals surface area contributed by atoms with E-state index in [1.165, 1.54) is 0 Å². The summed E-state index contributed by atoms with van der Waals surface area (Å²) in [6.07, 6.45) is 2.52. The van der Waals surface area contributed by atoms with Crippen LogP contribution < -0.4 is 15.2 Å². The summed E-state index contributed by atoms with van der Waals surface area (Å²) in [7, 11) is 0. The maximum Gasteiger partial charge on any atom is 0.325 e. The average molecular weight is 245 g/mol. The van der Waals surface area contributed by atoms with E-state index in [1.54, 1.807) is 30.5 Å². The van der Waals surface area contributed by atoms with Gasteiger partial charge in [-0.3, -0.25) is 0 Å². The van der Waals surface area contributed by atoms with Crippen LogP contribution in [0, 0.1) is 0 Å². The van der Waals surface area contributed by atoms with Gasteiger partial charge in [-0.05, 0) is 18.6 Å². The third-order valence-corrected chi connectivity index (χ3v) is 2.13. The van der Waals surface area contributed by atoms with Crippen molar-refractivity contribution in [3.05, 3.63) is 36.5 Å². The smallest absolute Gasteiger partial charge is 0.325 e. The molecule has 0 amide bonds. The van der Waals surface area contributed by atoms with Gasteiger partial charge in [-0.2, -0.15) is 4.98 Å². The van der Waals surface area contributed by atoms with Crippen molar-refractivity contribution in [2.24, 2.45) is 0 Å². The Morgan fingerprint density at radius 1 is 1.28 bits per heavy atom. The summed E-state index contributed by atoms with van der Waals surface area (Å²) in [6.45, 7) is 2.65. The normalized spacial score (nSPS) is 10.1. The number of nitrogens with zero attached hydrogens (tertiary/aromatic N) is 2. The molecule has 18 heavy (non-hydrogen) atoms. The minimum absolute atomic E-state index is 0.245. The Kier molecular flexibility index (Phi) is 3.96. The minimum Gasteiger partial charge on any atom is -0.478 e. The van der Waals surface area contributed by atoms with Crippen molar-refractivity contribution in [2.45, 2.75) is 13.3 Å². The topological polar surface area (TPSA) is 70.3 Å². The van der Waals surface area contributed by atoms with Gasteiger partial charge in [-0.15, -0.1) is 0 Å². The Bertz CT molecular complexity index is 517. The minimum atomic E-state index is 0.245. The Morgan fingerprint density at radius 2 is 2.17 bits per heavy atom. The molecule has 1 aromatic heterocycles. The lowest BCUT2D eigenvalue weighted by Crippen LogP contribution is -1.99. The van der Waals surface area contributed by atoms with Crippen molar-refractivity contribution in [3.8, 4) is 17.6 Å². The van der Waals surface area contributed by atoms with Crippen LogP contribution in [0.2, 0.25) is 0 Å². The molecule has 0 unspecified atom stereocenters.